The molecule has 0 aliphatic rings. The number of pyridine rings is 1. The van der Waals surface area contributed by atoms with E-state index in [4.69, 9.17) is 10.00 Å². The highest BCUT2D eigenvalue weighted by atomic mass is 16.5. The van der Waals surface area contributed by atoms with E-state index in [-0.39, 0.29) is 29.7 Å². The van der Waals surface area contributed by atoms with Gasteiger partial charge in [0.05, 0.1) is 35.7 Å². The number of fused-ring (bicyclic) bond motifs is 1. The number of hydrogen-bond donors (Lipinski definition) is 0. The maximum absolute atomic E-state index is 13.1. The van der Waals surface area contributed by atoms with E-state index in [1.165, 1.54) is 17.7 Å². The molecule has 0 bridgehead atoms. The summed E-state index contributed by atoms with van der Waals surface area (Å²) in [7, 11) is 1.49. The highest BCUT2D eigenvalue weighted by molar-refractivity contribution is 6.02. The van der Waals surface area contributed by atoms with Crippen molar-refractivity contribution in [3.05, 3.63) is 73.6 Å². The summed E-state index contributed by atoms with van der Waals surface area (Å²) < 4.78 is 7.33. The first-order valence-corrected chi connectivity index (χ1v) is 8.64. The number of aryl methyl sites for hydroxylation is 2. The molecular weight excluding hydrogens is 360 g/mol. The Labute approximate surface area is 160 Å². The van der Waals surface area contributed by atoms with E-state index in [2.05, 4.69) is 4.98 Å². The number of esters is 1. The quantitative estimate of drug-likeness (QED) is 0.637. The van der Waals surface area contributed by atoms with Crippen LogP contribution < -0.4 is 11.2 Å². The van der Waals surface area contributed by atoms with E-state index in [0.717, 1.165) is 4.57 Å². The Morgan fingerprint density at radius 1 is 1.29 bits per heavy atom. The van der Waals surface area contributed by atoms with Crippen molar-refractivity contribution in [2.24, 2.45) is 7.05 Å². The molecule has 3 aromatic rings. The van der Waals surface area contributed by atoms with Gasteiger partial charge in [-0.25, -0.2) is 14.6 Å². The van der Waals surface area contributed by atoms with Gasteiger partial charge >= 0.3 is 11.7 Å². The minimum absolute atomic E-state index is 0.0302. The van der Waals surface area contributed by atoms with Crippen molar-refractivity contribution >= 4 is 17.0 Å². The van der Waals surface area contributed by atoms with Crippen molar-refractivity contribution in [3.8, 4) is 6.07 Å². The van der Waals surface area contributed by atoms with Gasteiger partial charge in [-0.15, -0.1) is 0 Å². The zero-order chi connectivity index (χ0) is 20.4. The molecule has 0 amide bonds. The van der Waals surface area contributed by atoms with Crippen LogP contribution >= 0.6 is 0 Å². The van der Waals surface area contributed by atoms with Crippen molar-refractivity contribution < 1.29 is 9.53 Å². The van der Waals surface area contributed by atoms with Gasteiger partial charge in [0.1, 0.15) is 5.65 Å². The Morgan fingerprint density at radius 2 is 2.04 bits per heavy atom. The first-order chi connectivity index (χ1) is 13.4. The Kier molecular flexibility index (Phi) is 5.09. The van der Waals surface area contributed by atoms with Gasteiger partial charge in [-0.05, 0) is 37.6 Å². The lowest BCUT2D eigenvalue weighted by molar-refractivity contribution is 0.0528. The number of carbonyl (C=O) groups excluding carboxylic acids is 1. The second kappa shape index (κ2) is 7.48. The Morgan fingerprint density at radius 3 is 2.71 bits per heavy atom. The molecule has 0 saturated carbocycles. The van der Waals surface area contributed by atoms with Crippen LogP contribution in [0.4, 0.5) is 0 Å². The van der Waals surface area contributed by atoms with Crippen LogP contribution in [0.25, 0.3) is 11.0 Å². The lowest BCUT2D eigenvalue weighted by Crippen LogP contribution is -2.40. The summed E-state index contributed by atoms with van der Waals surface area (Å²) in [4.78, 5) is 42.6. The average molecular weight is 378 g/mol. The zero-order valence-corrected chi connectivity index (χ0v) is 15.7. The van der Waals surface area contributed by atoms with Crippen molar-refractivity contribution in [3.63, 3.8) is 0 Å². The molecule has 0 spiro atoms. The maximum Gasteiger partial charge on any atom is 0.339 e. The van der Waals surface area contributed by atoms with Crippen LogP contribution in [0.5, 0.6) is 0 Å². The van der Waals surface area contributed by atoms with E-state index in [1.807, 2.05) is 6.07 Å². The molecule has 28 heavy (non-hydrogen) atoms. The van der Waals surface area contributed by atoms with E-state index < -0.39 is 17.2 Å². The predicted octanol–water partition coefficient (Wildman–Crippen LogP) is 1.50. The van der Waals surface area contributed by atoms with E-state index in [0.29, 0.717) is 16.8 Å². The Balaban J connectivity index is 2.30. The molecule has 0 fully saturated rings. The van der Waals surface area contributed by atoms with Gasteiger partial charge in [0, 0.05) is 12.7 Å². The Bertz CT molecular complexity index is 1250. The lowest BCUT2D eigenvalue weighted by atomic mass is 10.1. The number of hydrogen-bond acceptors (Lipinski definition) is 6. The topological polar surface area (TPSA) is 107 Å². The highest BCUT2D eigenvalue weighted by Crippen LogP contribution is 2.15. The molecule has 0 N–H and O–H groups in total. The van der Waals surface area contributed by atoms with Crippen LogP contribution in [0.1, 0.15) is 34.1 Å². The predicted molar refractivity (Wildman–Crippen MR) is 102 cm³/mol. The van der Waals surface area contributed by atoms with Crippen LogP contribution in [0.3, 0.4) is 0 Å². The second-order valence-electron chi connectivity index (χ2n) is 6.28. The molecule has 2 aromatic heterocycles. The van der Waals surface area contributed by atoms with E-state index >= 15 is 0 Å². The summed E-state index contributed by atoms with van der Waals surface area (Å²) in [6, 6.07) is 10.1. The van der Waals surface area contributed by atoms with Crippen LogP contribution in [-0.2, 0) is 18.3 Å². The minimum Gasteiger partial charge on any atom is -0.462 e. The fourth-order valence-electron chi connectivity index (χ4n) is 3.03. The number of carbonyl (C=O) groups is 1. The number of rotatable bonds is 4. The van der Waals surface area contributed by atoms with Crippen molar-refractivity contribution in [1.82, 2.24) is 14.1 Å². The molecule has 8 nitrogen and oxygen atoms in total. The van der Waals surface area contributed by atoms with Crippen LogP contribution in [-0.4, -0.2) is 26.7 Å². The molecule has 0 saturated heterocycles. The zero-order valence-electron chi connectivity index (χ0n) is 15.7. The molecule has 8 heteroatoms. The number of nitrogens with zero attached hydrogens (tertiary/aromatic N) is 4. The maximum atomic E-state index is 13.1. The van der Waals surface area contributed by atoms with Crippen LogP contribution in [0.15, 0.2) is 39.9 Å². The molecule has 0 atom stereocenters. The molecule has 0 radical (unpaired) electrons. The van der Waals surface area contributed by atoms with Gasteiger partial charge in [0.25, 0.3) is 5.56 Å². The molecule has 3 rings (SSSR count). The summed E-state index contributed by atoms with van der Waals surface area (Å²) in [5, 5.41) is 9.08. The molecule has 0 unspecified atom stereocenters. The third-order valence-electron chi connectivity index (χ3n) is 4.32. The molecular formula is C20H18N4O4. The lowest BCUT2D eigenvalue weighted by Gasteiger charge is -2.13. The van der Waals surface area contributed by atoms with E-state index in [9.17, 15) is 14.4 Å². The van der Waals surface area contributed by atoms with Crippen LogP contribution in [0, 0.1) is 18.3 Å². The molecule has 0 aliphatic carbocycles. The summed E-state index contributed by atoms with van der Waals surface area (Å²) >= 11 is 0. The monoisotopic (exact) mass is 378 g/mol. The van der Waals surface area contributed by atoms with Gasteiger partial charge in [-0.2, -0.15) is 5.26 Å². The summed E-state index contributed by atoms with van der Waals surface area (Å²) in [5.41, 5.74) is 0.542. The molecule has 1 aromatic carbocycles. The first kappa shape index (κ1) is 19.0. The third kappa shape index (κ3) is 3.30. The molecule has 142 valence electrons. The highest BCUT2D eigenvalue weighted by Gasteiger charge is 2.21. The Hall–Kier alpha value is -3.73. The number of nitriles is 1. The third-order valence-corrected chi connectivity index (χ3v) is 4.32. The average Bonchev–Trinajstić information content (AvgIpc) is 2.69. The standard InChI is InChI=1S/C20H18N4O4/c1-4-28-19(26)15-8-12(2)22-17-16(15)18(25)24(20(27)23(17)3)11-14-7-5-6-13(9-14)10-21/h5-9H,4,11H2,1-3H3. The largest absolute Gasteiger partial charge is 0.462 e. The fourth-order valence-corrected chi connectivity index (χ4v) is 3.03. The van der Waals surface area contributed by atoms with E-state index in [1.54, 1.807) is 38.1 Å². The fraction of sp³-hybridized carbons (Fsp3) is 0.250. The van der Waals surface area contributed by atoms with Gasteiger partial charge < -0.3 is 4.74 Å². The second-order valence-corrected chi connectivity index (χ2v) is 6.28. The smallest absolute Gasteiger partial charge is 0.339 e. The van der Waals surface area contributed by atoms with Gasteiger partial charge in [0.15, 0.2) is 0 Å². The molecule has 0 aliphatic heterocycles. The summed E-state index contributed by atoms with van der Waals surface area (Å²) in [5.74, 6) is -0.647. The van der Waals surface area contributed by atoms with Gasteiger partial charge in [-0.1, -0.05) is 12.1 Å². The minimum atomic E-state index is -0.647. The summed E-state index contributed by atoms with van der Waals surface area (Å²) in [6.07, 6.45) is 0. The van der Waals surface area contributed by atoms with Crippen molar-refractivity contribution in [2.45, 2.75) is 20.4 Å². The van der Waals surface area contributed by atoms with Crippen molar-refractivity contribution in [2.75, 3.05) is 6.61 Å². The first-order valence-electron chi connectivity index (χ1n) is 8.64. The number of ether oxygens (including phenoxy) is 1. The summed E-state index contributed by atoms with van der Waals surface area (Å²) in [6.45, 7) is 3.46. The van der Waals surface area contributed by atoms with Crippen molar-refractivity contribution in [1.29, 1.82) is 5.26 Å². The van der Waals surface area contributed by atoms with Crippen LogP contribution in [0.2, 0.25) is 0 Å². The van der Waals surface area contributed by atoms with Gasteiger partial charge in [-0.3, -0.25) is 13.9 Å². The number of benzene rings is 1. The number of aromatic nitrogens is 3. The normalized spacial score (nSPS) is 10.6. The SMILES string of the molecule is CCOC(=O)c1cc(C)nc2c1c(=O)n(Cc1cccc(C#N)c1)c(=O)n2C. The van der Waals surface area contributed by atoms with Gasteiger partial charge in [0.2, 0.25) is 0 Å². The molecule has 2 heterocycles.